The van der Waals surface area contributed by atoms with Gasteiger partial charge in [0.2, 0.25) is 70.9 Å². The molecule has 4 heterocycles. The highest BCUT2D eigenvalue weighted by atomic mass is 32.2. The van der Waals surface area contributed by atoms with E-state index in [1.54, 1.807) is 64.4 Å². The number of phosphoric acid groups is 1. The number of carbonyl (C=O) groups is 12. The smallest absolute Gasteiger partial charge is 0.469 e. The van der Waals surface area contributed by atoms with E-state index in [1.165, 1.54) is 106 Å². The Kier molecular flexibility index (Phi) is 30.1. The Balaban J connectivity index is 1.20. The van der Waals surface area contributed by atoms with Gasteiger partial charge in [0.05, 0.1) is 6.61 Å². The largest absolute Gasteiger partial charge is 0.508 e. The lowest BCUT2D eigenvalue weighted by molar-refractivity contribution is -0.143. The van der Waals surface area contributed by atoms with E-state index >= 15 is 4.79 Å². The summed E-state index contributed by atoms with van der Waals surface area (Å²) in [6, 6.07) is 9.53. The van der Waals surface area contributed by atoms with Crippen molar-refractivity contribution >= 4 is 113 Å². The summed E-state index contributed by atoms with van der Waals surface area (Å²) in [5, 5.41) is 47.5. The third kappa shape index (κ3) is 24.5. The fourth-order valence-corrected chi connectivity index (χ4v) is 14.2. The molecule has 2 bridgehead atoms. The predicted molar refractivity (Wildman–Crippen MR) is 403 cm³/mol. The van der Waals surface area contributed by atoms with E-state index in [0.717, 1.165) is 11.1 Å². The van der Waals surface area contributed by atoms with Gasteiger partial charge in [-0.25, -0.2) is 9.55 Å². The number of phosphoric ester groups is 1. The number of carbonyl (C=O) groups excluding carboxylic acids is 12. The molecule has 12 amide bonds. The van der Waals surface area contributed by atoms with Gasteiger partial charge in [-0.3, -0.25) is 62.1 Å². The van der Waals surface area contributed by atoms with E-state index in [2.05, 4.69) is 63.1 Å². The number of thioether (sulfide) groups is 2. The number of aromatic nitrogens is 2. The molecule has 2 unspecified atom stereocenters. The van der Waals surface area contributed by atoms with Gasteiger partial charge in [-0.05, 0) is 123 Å². The summed E-state index contributed by atoms with van der Waals surface area (Å²) in [4.78, 5) is 201. The highest BCUT2D eigenvalue weighted by Gasteiger charge is 2.45. The molecule has 32 nitrogen and oxygen atoms in total. The number of amides is 12. The normalized spacial score (nSPS) is 24.8. The van der Waals surface area contributed by atoms with Gasteiger partial charge in [0.15, 0.2) is 0 Å². The van der Waals surface area contributed by atoms with Gasteiger partial charge in [0.25, 0.3) is 0 Å². The maximum Gasteiger partial charge on any atom is 0.469 e. The van der Waals surface area contributed by atoms with Crippen LogP contribution in [0, 0.1) is 11.3 Å². The third-order valence-electron chi connectivity index (χ3n) is 18.6. The molecule has 35 heteroatoms. The van der Waals surface area contributed by atoms with E-state index < -0.39 is 162 Å². The van der Waals surface area contributed by atoms with Gasteiger partial charge in [0.1, 0.15) is 82.6 Å². The van der Waals surface area contributed by atoms with Gasteiger partial charge in [0, 0.05) is 73.0 Å². The van der Waals surface area contributed by atoms with Crippen LogP contribution in [0.4, 0.5) is 0 Å². The molecule has 1 saturated heterocycles. The summed E-state index contributed by atoms with van der Waals surface area (Å²) in [6.07, 6.45) is 3.04. The molecule has 0 spiro atoms. The first-order valence-electron chi connectivity index (χ1n) is 35.3. The zero-order valence-corrected chi connectivity index (χ0v) is 64.5. The molecule has 2 aliphatic heterocycles. The monoisotopic (exact) mass is 1550 g/mol. The van der Waals surface area contributed by atoms with Crippen molar-refractivity contribution in [3.05, 3.63) is 125 Å². The second kappa shape index (κ2) is 38.0. The highest BCUT2D eigenvalue weighted by Crippen LogP contribution is 2.36. The van der Waals surface area contributed by atoms with Crippen molar-refractivity contribution in [3.63, 3.8) is 0 Å². The molecule has 2 aliphatic rings. The number of hydrogen-bond donors (Lipinski definition) is 16. The number of fused-ring (bicyclic) bond motifs is 4. The summed E-state index contributed by atoms with van der Waals surface area (Å²) >= 11 is 2.62. The number of aromatic amines is 1. The number of H-pyrrole nitrogens is 1. The summed E-state index contributed by atoms with van der Waals surface area (Å²) in [5.74, 6) is -10.5. The van der Waals surface area contributed by atoms with Gasteiger partial charge in [-0.2, -0.15) is 23.5 Å². The molecule has 3 aromatic carbocycles. The van der Waals surface area contributed by atoms with Crippen LogP contribution < -0.4 is 58.9 Å². The first-order chi connectivity index (χ1) is 50.7. The predicted octanol–water partition coefficient (Wildman–Crippen LogP) is 1.94. The number of primary amides is 1. The number of pyridine rings is 1. The quantitative estimate of drug-likeness (QED) is 0.0794. The van der Waals surface area contributed by atoms with Crippen molar-refractivity contribution < 1.29 is 86.6 Å². The Morgan fingerprint density at radius 3 is 1.85 bits per heavy atom. The molecule has 5 aromatic rings. The van der Waals surface area contributed by atoms with Gasteiger partial charge in [-0.15, -0.1) is 0 Å². The first kappa shape index (κ1) is 85.6. The minimum atomic E-state index is -5.34. The van der Waals surface area contributed by atoms with Crippen molar-refractivity contribution in [3.8, 4) is 11.5 Å². The molecule has 17 N–H and O–H groups in total. The summed E-state index contributed by atoms with van der Waals surface area (Å²) in [6.45, 7) is 14.1. The third-order valence-corrected chi connectivity index (χ3v) is 21.3. The highest BCUT2D eigenvalue weighted by molar-refractivity contribution is 7.98. The number of benzene rings is 3. The number of nitrogens with two attached hydrogens (primary N) is 1. The van der Waals surface area contributed by atoms with Crippen LogP contribution in [0.1, 0.15) is 123 Å². The van der Waals surface area contributed by atoms with Crippen LogP contribution in [0.3, 0.4) is 0 Å². The molecule has 1 fully saturated rings. The average Bonchev–Trinajstić information content (AvgIpc) is 1.42. The van der Waals surface area contributed by atoms with Crippen molar-refractivity contribution in [1.82, 2.24) is 68.0 Å². The van der Waals surface area contributed by atoms with Crippen LogP contribution in [-0.2, 0) is 97.4 Å². The number of phenolic OH excluding ortho intramolecular Hbond substituents is 2. The van der Waals surface area contributed by atoms with Gasteiger partial charge >= 0.3 is 7.82 Å². The maximum absolute atomic E-state index is 15.0. The zero-order chi connectivity index (χ0) is 79.6. The Labute approximate surface area is 634 Å². The van der Waals surface area contributed by atoms with Crippen LogP contribution in [0.25, 0.3) is 11.0 Å². The van der Waals surface area contributed by atoms with Crippen molar-refractivity contribution in [2.75, 3.05) is 24.7 Å². The minimum absolute atomic E-state index is 0.0165. The molecule has 7 rings (SSSR count). The molecule has 586 valence electrons. The number of rotatable bonds is 12. The number of phenols is 2. The van der Waals surface area contributed by atoms with E-state index in [-0.39, 0.29) is 68.1 Å². The molecule has 10 atom stereocenters. The van der Waals surface area contributed by atoms with Gasteiger partial charge in [-0.1, -0.05) is 90.1 Å². The molecule has 0 radical (unpaired) electrons. The number of hydrogen-bond acceptors (Lipinski definition) is 19. The molecule has 2 aromatic heterocycles. The summed E-state index contributed by atoms with van der Waals surface area (Å²) < 4.78 is 16.8. The fraction of sp³-hybridized carbons (Fsp3) is 0.493. The fourth-order valence-electron chi connectivity index (χ4n) is 11.9. The van der Waals surface area contributed by atoms with Crippen LogP contribution in [-0.4, -0.2) is 196 Å². The molecule has 0 saturated carbocycles. The molecule has 108 heavy (non-hydrogen) atoms. The van der Waals surface area contributed by atoms with E-state index in [9.17, 15) is 77.3 Å². The Morgan fingerprint density at radius 1 is 0.676 bits per heavy atom. The standard InChI is InChI=1S/C73H99N14O18PS2/c1-11-50-62(93)80-52(34-46-35-76-60-49(46)17-13-28-75-60)64(95)85-72(8,9)69(100)77-41(4)61(92)79-51(32-42-19-23-47(88)24-20-42)65(96)86-73(10,40(2)3)70(101)83-54(36-105-106(102,103)104)63(94)82-55(59(74)91)39-108-38-45-16-12-15-44(31-45)37-107-30-27-57(90)84-58(71(5,6)7)67(98)81-53(33-43-21-25-48(89)26-22-43)68(99)87-29-14-18-56(87)66(97)78-50/h12-13,15-17,19-26,28,31,35,40-41,50-56,58,88-89H,11,14,18,27,29-30,32-34,36-39H2,1-10H3,(H2,74,91)(H,75,76)(H,77,100)(H,78,97)(H,79,92)(H,80,93)(H,81,98)(H,82,94)(H,83,101)(H,84,90)(H,85,95)(H,86,96)(H2,102,103,104)/t41-,50?,51-,52-,53-,54-,55-,56-,58?,73-/m0/s1. The summed E-state index contributed by atoms with van der Waals surface area (Å²) in [5.41, 5.74) is 4.53. The van der Waals surface area contributed by atoms with Crippen LogP contribution in [0.5, 0.6) is 11.5 Å². The topological polar surface area (TPSA) is 490 Å². The molecular formula is C73H99N14O18PS2. The lowest BCUT2D eigenvalue weighted by atomic mass is 9.85. The second-order valence-corrected chi connectivity index (χ2v) is 32.3. The molecular weight excluding hydrogens is 1460 g/mol. The van der Waals surface area contributed by atoms with Crippen LogP contribution >= 0.6 is 31.3 Å². The average molecular weight is 1560 g/mol. The second-order valence-electron chi connectivity index (χ2n) is 28.9. The Bertz CT molecular complexity index is 4130. The van der Waals surface area contributed by atoms with Gasteiger partial charge < -0.3 is 88.8 Å². The van der Waals surface area contributed by atoms with Crippen LogP contribution in [0.2, 0.25) is 0 Å². The van der Waals surface area contributed by atoms with Crippen LogP contribution in [0.15, 0.2) is 97.3 Å². The minimum Gasteiger partial charge on any atom is -0.508 e. The van der Waals surface area contributed by atoms with E-state index in [1.807, 2.05) is 24.3 Å². The summed E-state index contributed by atoms with van der Waals surface area (Å²) in [7, 11) is -5.34. The van der Waals surface area contributed by atoms with Crippen molar-refractivity contribution in [2.45, 2.75) is 191 Å². The van der Waals surface area contributed by atoms with E-state index in [0.29, 0.717) is 45.7 Å². The first-order valence-corrected chi connectivity index (χ1v) is 39.2. The zero-order valence-electron chi connectivity index (χ0n) is 61.9. The lowest BCUT2D eigenvalue weighted by Gasteiger charge is -2.36. The van der Waals surface area contributed by atoms with Crippen molar-refractivity contribution in [2.24, 2.45) is 17.1 Å². The number of aromatic hydroxyl groups is 2. The number of nitrogens with one attached hydrogen (secondary N) is 11. The molecule has 0 aliphatic carbocycles. The lowest BCUT2D eigenvalue weighted by Crippen LogP contribution is -2.66. The number of nitrogens with zero attached hydrogens (tertiary/aromatic N) is 2. The maximum atomic E-state index is 15.0. The van der Waals surface area contributed by atoms with Crippen molar-refractivity contribution in [1.29, 1.82) is 0 Å². The Morgan fingerprint density at radius 2 is 1.25 bits per heavy atom. The van der Waals surface area contributed by atoms with E-state index in [4.69, 9.17) is 10.3 Å². The SMILES string of the molecule is CCC1NC(=O)[C@@H]2CCCN2C(=O)[C@H](Cc2ccc(O)cc2)NC(=O)C(C(C)(C)C)NC(=O)CCSCc2cccc(c2)CSC[C@@H](C(N)=O)NC(=O)[C@H](COP(=O)(O)O)NC(=O)[C@](C)(C(C)C)NC(=O)[C@H](Cc2ccc(O)cc2)NC(=O)[C@H](C)NC(=O)C(C)(C)NC(=O)[C@H](Cc2c[nH]c3ncccc23)NC1=O. The Hall–Kier alpha value is -9.60.